The number of aliphatic hydroxyl groups is 18. The molecule has 24 heteroatoms. The maximum Gasteiger partial charge on any atom is 0.335 e. The number of carbonyl (C=O) groups is 5. The van der Waals surface area contributed by atoms with Crippen molar-refractivity contribution in [3.8, 4) is 0 Å². The van der Waals surface area contributed by atoms with E-state index in [9.17, 15) is 24.0 Å². The quantitative estimate of drug-likeness (QED) is 0.0555. The Kier molecular flexibility index (Phi) is 31.0. The normalized spacial score (nSPS) is 20.5. The Morgan fingerprint density at radius 1 is 0.383 bits per heavy atom. The number of aliphatic carboxylic acids is 1. The Hall–Kier alpha value is -2.57. The van der Waals surface area contributed by atoms with Gasteiger partial charge < -0.3 is 116 Å². The molecule has 24 nitrogen and oxygen atoms in total. The van der Waals surface area contributed by atoms with Crippen LogP contribution in [0.3, 0.4) is 0 Å². The van der Waals surface area contributed by atoms with Crippen LogP contribution in [0.2, 0.25) is 0 Å². The number of carbonyl (C=O) groups excluding carboxylic acids is 4. The van der Waals surface area contributed by atoms with Gasteiger partial charge in [0.05, 0.1) is 19.8 Å². The number of aliphatic hydroxyl groups excluding tert-OH is 18. The monoisotopic (exact) mass is 704 g/mol. The van der Waals surface area contributed by atoms with Gasteiger partial charge in [-0.3, -0.25) is 0 Å². The highest BCUT2D eigenvalue weighted by Gasteiger charge is 2.34. The van der Waals surface area contributed by atoms with Gasteiger partial charge in [0.15, 0.2) is 31.2 Å². The molecule has 0 saturated heterocycles. The van der Waals surface area contributed by atoms with E-state index in [0.29, 0.717) is 0 Å². The van der Waals surface area contributed by atoms with E-state index in [1.165, 1.54) is 0 Å². The summed E-state index contributed by atoms with van der Waals surface area (Å²) in [7, 11) is 0. The number of carboxylic acids is 1. The molecule has 0 spiro atoms. The molecular formula is C23H44O24. The standard InChI is InChI=1S/C6H10O7.2C6H12O6.C5H10O5/c7-1-2(8)3(9)4(10)5(11)6(12)13;2*7-1-3(9)5(11)6(12)4(10)2-8;6-1-3(8)5(10)4(9)2-7/h1-5,8-11H,(H,12,13);2*1,3-6,8-12H,2H2;1,3-5,7-10H,2H2/t2-,3+,4-,5-;2*3-,4+,5+,6-;3-,4+,5+/m0000/s1. The van der Waals surface area contributed by atoms with E-state index in [-0.39, 0.29) is 25.1 Å². The summed E-state index contributed by atoms with van der Waals surface area (Å²) in [5.41, 5.74) is 0. The summed E-state index contributed by atoms with van der Waals surface area (Å²) in [5.74, 6) is -1.76. The van der Waals surface area contributed by atoms with Crippen LogP contribution in [0.5, 0.6) is 0 Å². The van der Waals surface area contributed by atoms with Gasteiger partial charge in [-0.1, -0.05) is 0 Å². The zero-order chi connectivity index (χ0) is 38.2. The van der Waals surface area contributed by atoms with Crippen molar-refractivity contribution in [1.29, 1.82) is 0 Å². The van der Waals surface area contributed by atoms with Crippen molar-refractivity contribution in [2.24, 2.45) is 0 Å². The van der Waals surface area contributed by atoms with Crippen LogP contribution in [0.15, 0.2) is 0 Å². The summed E-state index contributed by atoms with van der Waals surface area (Å²) >= 11 is 0. The molecule has 0 aliphatic carbocycles. The summed E-state index contributed by atoms with van der Waals surface area (Å²) in [6.45, 7) is -2.21. The maximum absolute atomic E-state index is 10.1. The average Bonchev–Trinajstić information content (AvgIpc) is 3.09. The van der Waals surface area contributed by atoms with Crippen LogP contribution in [0.1, 0.15) is 0 Å². The third-order valence-electron chi connectivity index (χ3n) is 5.33. The van der Waals surface area contributed by atoms with Gasteiger partial charge >= 0.3 is 5.97 Å². The Morgan fingerprint density at radius 2 is 0.596 bits per heavy atom. The number of carboxylic acid groups (broad SMARTS) is 1. The first-order valence-electron chi connectivity index (χ1n) is 12.7. The van der Waals surface area contributed by atoms with Crippen molar-refractivity contribution in [2.45, 2.75) is 91.6 Å². The van der Waals surface area contributed by atoms with E-state index in [1.54, 1.807) is 0 Å². The Morgan fingerprint density at radius 3 is 0.809 bits per heavy atom. The highest BCUT2D eigenvalue weighted by atomic mass is 16.4. The fraction of sp³-hybridized carbons (Fsp3) is 0.783. The minimum atomic E-state index is -2.25. The number of hydrogen-bond donors (Lipinski definition) is 19. The minimum absolute atomic E-state index is 0.0258. The van der Waals surface area contributed by atoms with Gasteiger partial charge in [-0.2, -0.15) is 0 Å². The van der Waals surface area contributed by atoms with Crippen LogP contribution < -0.4 is 0 Å². The molecule has 0 fully saturated rings. The van der Waals surface area contributed by atoms with Gasteiger partial charge in [-0.25, -0.2) is 4.79 Å². The predicted molar refractivity (Wildman–Crippen MR) is 143 cm³/mol. The number of rotatable bonds is 19. The van der Waals surface area contributed by atoms with Crippen LogP contribution in [-0.2, 0) is 24.0 Å². The van der Waals surface area contributed by atoms with Gasteiger partial charge in [0.25, 0.3) is 0 Å². The molecule has 47 heavy (non-hydrogen) atoms. The van der Waals surface area contributed by atoms with Gasteiger partial charge in [0, 0.05) is 0 Å². The van der Waals surface area contributed by atoms with Gasteiger partial charge in [-0.05, 0) is 0 Å². The van der Waals surface area contributed by atoms with E-state index in [0.717, 1.165) is 0 Å². The van der Waals surface area contributed by atoms with Crippen LogP contribution in [0, 0.1) is 0 Å². The van der Waals surface area contributed by atoms with E-state index in [4.69, 9.17) is 97.0 Å². The van der Waals surface area contributed by atoms with Crippen LogP contribution in [0.4, 0.5) is 0 Å². The Bertz CT molecular complexity index is 801. The highest BCUT2D eigenvalue weighted by molar-refractivity contribution is 5.73. The summed E-state index contributed by atoms with van der Waals surface area (Å²) < 4.78 is 0. The van der Waals surface area contributed by atoms with E-state index in [2.05, 4.69) is 0 Å². The average molecular weight is 705 g/mol. The molecule has 0 aromatic carbocycles. The molecule has 0 radical (unpaired) electrons. The summed E-state index contributed by atoms with van der Waals surface area (Å²) in [5, 5.41) is 164. The largest absolute Gasteiger partial charge is 0.479 e. The van der Waals surface area contributed by atoms with E-state index < -0.39 is 117 Å². The lowest BCUT2D eigenvalue weighted by Gasteiger charge is -2.22. The molecule has 0 heterocycles. The first-order chi connectivity index (χ1) is 21.6. The Labute approximate surface area is 264 Å². The molecule has 0 amide bonds. The first kappa shape index (κ1) is 51.3. The minimum Gasteiger partial charge on any atom is -0.479 e. The molecule has 19 N–H and O–H groups in total. The van der Waals surface area contributed by atoms with Crippen molar-refractivity contribution in [1.82, 2.24) is 0 Å². The fourth-order valence-electron chi connectivity index (χ4n) is 2.27. The smallest absolute Gasteiger partial charge is 0.335 e. The molecule has 0 saturated carbocycles. The van der Waals surface area contributed by atoms with E-state index >= 15 is 0 Å². The SMILES string of the molecule is O=C[C@H](O)[C@@H](O)[C@@H](O)[C@H](O)CO.O=C[C@H](O)[C@@H](O)[C@@H](O)[C@H](O)CO.O=C[C@H](O)[C@@H](O)[C@H](O)CO.O=C[C@H](O)[C@@H](O)[C@H](O)[C@H](O)C(=O)O. The van der Waals surface area contributed by atoms with Crippen molar-refractivity contribution >= 4 is 31.1 Å². The molecule has 280 valence electrons. The number of hydrogen-bond acceptors (Lipinski definition) is 23. The molecule has 0 aliphatic heterocycles. The van der Waals surface area contributed by atoms with Crippen molar-refractivity contribution < 1.29 is 121 Å². The highest BCUT2D eigenvalue weighted by Crippen LogP contribution is 2.05. The second-order valence-electron chi connectivity index (χ2n) is 8.97. The van der Waals surface area contributed by atoms with Crippen LogP contribution >= 0.6 is 0 Å². The van der Waals surface area contributed by atoms with E-state index in [1.807, 2.05) is 0 Å². The lowest BCUT2D eigenvalue weighted by atomic mass is 10.0. The zero-order valence-electron chi connectivity index (χ0n) is 24.1. The second kappa shape index (κ2) is 28.4. The van der Waals surface area contributed by atoms with Crippen molar-refractivity contribution in [2.75, 3.05) is 19.8 Å². The Balaban J connectivity index is -0.000000263. The van der Waals surface area contributed by atoms with Gasteiger partial charge in [0.2, 0.25) is 0 Å². The maximum atomic E-state index is 10.1. The second-order valence-corrected chi connectivity index (χ2v) is 8.97. The molecule has 0 aromatic heterocycles. The molecule has 0 rings (SSSR count). The third kappa shape index (κ3) is 21.1. The van der Waals surface area contributed by atoms with Crippen molar-refractivity contribution in [3.05, 3.63) is 0 Å². The first-order valence-corrected chi connectivity index (χ1v) is 12.7. The molecule has 0 unspecified atom stereocenters. The van der Waals surface area contributed by atoms with Crippen LogP contribution in [0.25, 0.3) is 0 Å². The molecule has 0 aromatic rings. The molecular weight excluding hydrogens is 660 g/mol. The van der Waals surface area contributed by atoms with Crippen LogP contribution in [-0.4, -0.2) is 240 Å². The lowest BCUT2D eigenvalue weighted by molar-refractivity contribution is -0.163. The molecule has 0 aliphatic rings. The summed E-state index contributed by atoms with van der Waals surface area (Å²) in [6, 6.07) is 0. The topological polar surface area (TPSA) is 470 Å². The predicted octanol–water partition coefficient (Wildman–Crippen LogP) is -12.8. The summed E-state index contributed by atoms with van der Waals surface area (Å²) in [6.07, 6.45) is -26.7. The molecule has 0 bridgehead atoms. The zero-order valence-corrected chi connectivity index (χ0v) is 24.1. The fourth-order valence-corrected chi connectivity index (χ4v) is 2.27. The lowest BCUT2D eigenvalue weighted by Crippen LogP contribution is -2.48. The third-order valence-corrected chi connectivity index (χ3v) is 5.33. The number of aldehydes is 4. The molecule has 15 atom stereocenters. The van der Waals surface area contributed by atoms with Gasteiger partial charge in [0.1, 0.15) is 85.5 Å². The van der Waals surface area contributed by atoms with Gasteiger partial charge in [-0.15, -0.1) is 0 Å². The summed E-state index contributed by atoms with van der Waals surface area (Å²) in [4.78, 5) is 49.5. The van der Waals surface area contributed by atoms with Crippen molar-refractivity contribution in [3.63, 3.8) is 0 Å².